The molecule has 0 aromatic heterocycles. The van der Waals surface area contributed by atoms with Gasteiger partial charge in [-0.1, -0.05) is 30.3 Å². The number of amides is 1. The lowest BCUT2D eigenvalue weighted by Gasteiger charge is -2.25. The fourth-order valence-electron chi connectivity index (χ4n) is 2.92. The Balaban J connectivity index is 2.21. The topological polar surface area (TPSA) is 66.5 Å². The molecular formula is C21H28N2O3S. The van der Waals surface area contributed by atoms with E-state index in [0.717, 1.165) is 32.8 Å². The van der Waals surface area contributed by atoms with Gasteiger partial charge in [-0.3, -0.25) is 9.10 Å². The Morgan fingerprint density at radius 2 is 1.70 bits per heavy atom. The fourth-order valence-corrected chi connectivity index (χ4v) is 3.83. The highest BCUT2D eigenvalue weighted by Gasteiger charge is 2.23. The van der Waals surface area contributed by atoms with Crippen LogP contribution in [0.25, 0.3) is 0 Å². The van der Waals surface area contributed by atoms with Crippen LogP contribution in [0.5, 0.6) is 0 Å². The van der Waals surface area contributed by atoms with Gasteiger partial charge in [0.1, 0.15) is 6.54 Å². The van der Waals surface area contributed by atoms with Gasteiger partial charge >= 0.3 is 0 Å². The number of carbonyl (C=O) groups excluding carboxylic acids is 1. The van der Waals surface area contributed by atoms with Crippen molar-refractivity contribution in [2.24, 2.45) is 0 Å². The van der Waals surface area contributed by atoms with Crippen molar-refractivity contribution in [3.63, 3.8) is 0 Å². The normalized spacial score (nSPS) is 12.5. The van der Waals surface area contributed by atoms with Crippen molar-refractivity contribution in [1.82, 2.24) is 5.32 Å². The first-order valence-corrected chi connectivity index (χ1v) is 10.8. The Bertz CT molecular complexity index is 952. The van der Waals surface area contributed by atoms with E-state index in [2.05, 4.69) is 5.32 Å². The summed E-state index contributed by atoms with van der Waals surface area (Å²) in [5.41, 5.74) is 5.69. The highest BCUT2D eigenvalue weighted by molar-refractivity contribution is 7.92. The smallest absolute Gasteiger partial charge is 0.241 e. The number of carbonyl (C=O) groups is 1. The summed E-state index contributed by atoms with van der Waals surface area (Å²) in [6.45, 7) is 9.48. The van der Waals surface area contributed by atoms with Crippen LogP contribution in [-0.4, -0.2) is 27.1 Å². The molecule has 0 unspecified atom stereocenters. The van der Waals surface area contributed by atoms with E-state index in [1.165, 1.54) is 5.56 Å². The minimum absolute atomic E-state index is 0.211. The van der Waals surface area contributed by atoms with Gasteiger partial charge in [-0.25, -0.2) is 8.42 Å². The first-order chi connectivity index (χ1) is 12.5. The number of aryl methyl sites for hydroxylation is 3. The predicted molar refractivity (Wildman–Crippen MR) is 111 cm³/mol. The number of sulfonamides is 1. The molecule has 0 saturated carbocycles. The Labute approximate surface area is 162 Å². The van der Waals surface area contributed by atoms with Gasteiger partial charge in [0.25, 0.3) is 0 Å². The van der Waals surface area contributed by atoms with Gasteiger partial charge in [0.05, 0.1) is 18.0 Å². The van der Waals surface area contributed by atoms with Gasteiger partial charge in [-0.05, 0) is 68.5 Å². The van der Waals surface area contributed by atoms with E-state index in [-0.39, 0.29) is 18.5 Å². The van der Waals surface area contributed by atoms with Crippen LogP contribution in [0.1, 0.15) is 40.8 Å². The van der Waals surface area contributed by atoms with Gasteiger partial charge in [-0.2, -0.15) is 0 Å². The van der Waals surface area contributed by atoms with Crippen molar-refractivity contribution in [2.45, 2.75) is 40.7 Å². The van der Waals surface area contributed by atoms with Crippen molar-refractivity contribution in [2.75, 3.05) is 17.1 Å². The summed E-state index contributed by atoms with van der Waals surface area (Å²) in [5, 5.41) is 2.90. The first kappa shape index (κ1) is 21.0. The summed E-state index contributed by atoms with van der Waals surface area (Å²) in [6, 6.07) is 11.3. The molecule has 2 aromatic rings. The van der Waals surface area contributed by atoms with Gasteiger partial charge < -0.3 is 5.32 Å². The molecule has 0 bridgehead atoms. The fraction of sp³-hybridized carbons (Fsp3) is 0.381. The zero-order chi connectivity index (χ0) is 20.4. The average Bonchev–Trinajstić information content (AvgIpc) is 2.57. The third-order valence-corrected chi connectivity index (χ3v) is 6.07. The third-order valence-electron chi connectivity index (χ3n) is 4.94. The zero-order valence-corrected chi connectivity index (χ0v) is 17.6. The summed E-state index contributed by atoms with van der Waals surface area (Å²) in [6.07, 6.45) is 1.12. The predicted octanol–water partition coefficient (Wildman–Crippen LogP) is 3.56. The van der Waals surface area contributed by atoms with Gasteiger partial charge in [0.15, 0.2) is 0 Å². The van der Waals surface area contributed by atoms with Crippen LogP contribution in [0.15, 0.2) is 36.4 Å². The minimum atomic E-state index is -3.59. The van der Waals surface area contributed by atoms with Crippen molar-refractivity contribution < 1.29 is 13.2 Å². The van der Waals surface area contributed by atoms with E-state index in [9.17, 15) is 13.2 Å². The number of nitrogens with zero attached hydrogens (tertiary/aromatic N) is 1. The van der Waals surface area contributed by atoms with Gasteiger partial charge in [0.2, 0.25) is 15.9 Å². The summed E-state index contributed by atoms with van der Waals surface area (Å²) in [5.74, 6) is -0.341. The molecule has 0 radical (unpaired) electrons. The van der Waals surface area contributed by atoms with Crippen LogP contribution in [0, 0.1) is 27.7 Å². The molecule has 0 aliphatic heterocycles. The molecule has 0 aliphatic rings. The largest absolute Gasteiger partial charge is 0.348 e. The monoisotopic (exact) mass is 388 g/mol. The van der Waals surface area contributed by atoms with E-state index in [1.807, 2.05) is 58.9 Å². The molecule has 1 N–H and O–H groups in total. The van der Waals surface area contributed by atoms with E-state index in [0.29, 0.717) is 5.69 Å². The maximum absolute atomic E-state index is 12.6. The lowest BCUT2D eigenvalue weighted by molar-refractivity contribution is -0.120. The molecule has 0 heterocycles. The molecular weight excluding hydrogens is 360 g/mol. The van der Waals surface area contributed by atoms with Crippen LogP contribution in [0.4, 0.5) is 5.69 Å². The van der Waals surface area contributed by atoms with Crippen LogP contribution < -0.4 is 9.62 Å². The number of anilines is 1. The molecule has 0 aliphatic carbocycles. The second kappa shape index (κ2) is 8.13. The zero-order valence-electron chi connectivity index (χ0n) is 16.8. The van der Waals surface area contributed by atoms with Crippen LogP contribution >= 0.6 is 0 Å². The van der Waals surface area contributed by atoms with E-state index < -0.39 is 10.0 Å². The number of benzene rings is 2. The SMILES string of the molecule is Cc1ccc([C@H](C)NC(=O)CN(c2cccc(C)c2C)S(C)(=O)=O)cc1C. The summed E-state index contributed by atoms with van der Waals surface area (Å²) < 4.78 is 25.8. The van der Waals surface area contributed by atoms with Crippen LogP contribution in [0.3, 0.4) is 0 Å². The van der Waals surface area contributed by atoms with Crippen molar-refractivity contribution >= 4 is 21.6 Å². The molecule has 1 amide bonds. The van der Waals surface area contributed by atoms with Crippen molar-refractivity contribution in [3.05, 3.63) is 64.2 Å². The lowest BCUT2D eigenvalue weighted by Crippen LogP contribution is -2.41. The molecule has 0 spiro atoms. The van der Waals surface area contributed by atoms with Gasteiger partial charge in [0, 0.05) is 0 Å². The molecule has 5 nitrogen and oxygen atoms in total. The quantitative estimate of drug-likeness (QED) is 0.823. The highest BCUT2D eigenvalue weighted by Crippen LogP contribution is 2.25. The third kappa shape index (κ3) is 5.10. The molecule has 27 heavy (non-hydrogen) atoms. The summed E-state index contributed by atoms with van der Waals surface area (Å²) in [7, 11) is -3.59. The molecule has 2 aromatic carbocycles. The van der Waals surface area contributed by atoms with Crippen molar-refractivity contribution in [3.8, 4) is 0 Å². The second-order valence-electron chi connectivity index (χ2n) is 7.12. The van der Waals surface area contributed by atoms with E-state index in [1.54, 1.807) is 12.1 Å². The maximum Gasteiger partial charge on any atom is 0.241 e. The number of nitrogens with one attached hydrogen (secondary N) is 1. The molecule has 0 saturated heterocycles. The van der Waals surface area contributed by atoms with Crippen LogP contribution in [0.2, 0.25) is 0 Å². The van der Waals surface area contributed by atoms with Gasteiger partial charge in [-0.15, -0.1) is 0 Å². The molecule has 146 valence electrons. The minimum Gasteiger partial charge on any atom is -0.348 e. The molecule has 6 heteroatoms. The number of rotatable bonds is 6. The molecule has 2 rings (SSSR count). The molecule has 1 atom stereocenters. The molecule has 0 fully saturated rings. The van der Waals surface area contributed by atoms with E-state index in [4.69, 9.17) is 0 Å². The Morgan fingerprint density at radius 1 is 1.04 bits per heavy atom. The van der Waals surface area contributed by atoms with Crippen molar-refractivity contribution in [1.29, 1.82) is 0 Å². The highest BCUT2D eigenvalue weighted by atomic mass is 32.2. The summed E-state index contributed by atoms with van der Waals surface area (Å²) in [4.78, 5) is 12.6. The Morgan fingerprint density at radius 3 is 2.30 bits per heavy atom. The maximum atomic E-state index is 12.6. The number of hydrogen-bond donors (Lipinski definition) is 1. The Hall–Kier alpha value is -2.34. The lowest BCUT2D eigenvalue weighted by atomic mass is 10.0. The first-order valence-electron chi connectivity index (χ1n) is 8.91. The Kier molecular flexibility index (Phi) is 6.31. The van der Waals surface area contributed by atoms with E-state index >= 15 is 0 Å². The average molecular weight is 389 g/mol. The standard InChI is InChI=1S/C21H28N2O3S/c1-14-10-11-19(12-16(14)3)18(5)22-21(24)13-23(27(6,25)26)20-9-7-8-15(2)17(20)4/h7-12,18H,13H2,1-6H3,(H,22,24)/t18-/m0/s1. The number of hydrogen-bond acceptors (Lipinski definition) is 3. The second-order valence-corrected chi connectivity index (χ2v) is 9.03. The summed E-state index contributed by atoms with van der Waals surface area (Å²) >= 11 is 0. The van der Waals surface area contributed by atoms with Crippen LogP contribution in [-0.2, 0) is 14.8 Å².